The smallest absolute Gasteiger partial charge is 0.319 e. The molecule has 1 unspecified atom stereocenters. The molecular formula is C22H29ClN2O3. The number of rotatable bonds is 4. The van der Waals surface area contributed by atoms with E-state index < -0.39 is 5.41 Å². The van der Waals surface area contributed by atoms with Gasteiger partial charge in [0.1, 0.15) is 5.41 Å². The highest BCUT2D eigenvalue weighted by molar-refractivity contribution is 5.91. The van der Waals surface area contributed by atoms with Crippen LogP contribution in [-0.4, -0.2) is 55.8 Å². The lowest BCUT2D eigenvalue weighted by Crippen LogP contribution is -2.67. The summed E-state index contributed by atoms with van der Waals surface area (Å²) in [4.78, 5) is 19.7. The number of ether oxygens (including phenoxy) is 2. The van der Waals surface area contributed by atoms with Gasteiger partial charge in [-0.2, -0.15) is 0 Å². The van der Waals surface area contributed by atoms with E-state index in [-0.39, 0.29) is 24.4 Å². The van der Waals surface area contributed by atoms with Gasteiger partial charge in [-0.05, 0) is 49.1 Å². The fraction of sp³-hybridized carbons (Fsp3) is 0.591. The van der Waals surface area contributed by atoms with E-state index in [4.69, 9.17) is 9.47 Å². The number of nitrogens with zero attached hydrogens (tertiary/aromatic N) is 1. The van der Waals surface area contributed by atoms with Crippen LogP contribution in [0.5, 0.6) is 0 Å². The van der Waals surface area contributed by atoms with Gasteiger partial charge in [-0.1, -0.05) is 18.2 Å². The van der Waals surface area contributed by atoms with Gasteiger partial charge in [0.05, 0.1) is 7.11 Å². The normalized spacial score (nSPS) is 33.1. The van der Waals surface area contributed by atoms with Crippen molar-refractivity contribution < 1.29 is 14.3 Å². The number of halogens is 1. The molecule has 1 aliphatic carbocycles. The van der Waals surface area contributed by atoms with Gasteiger partial charge in [0, 0.05) is 49.4 Å². The number of carbonyl (C=O) groups excluding carboxylic acids is 1. The van der Waals surface area contributed by atoms with Crippen molar-refractivity contribution in [3.8, 4) is 0 Å². The van der Waals surface area contributed by atoms with Crippen LogP contribution in [0.4, 0.5) is 0 Å². The molecule has 6 heteroatoms. The second-order valence-electron chi connectivity index (χ2n) is 8.52. The van der Waals surface area contributed by atoms with E-state index in [1.54, 1.807) is 14.2 Å². The number of esters is 1. The predicted octanol–water partition coefficient (Wildman–Crippen LogP) is 3.30. The van der Waals surface area contributed by atoms with Crippen molar-refractivity contribution in [2.24, 2.45) is 11.8 Å². The summed E-state index contributed by atoms with van der Waals surface area (Å²) >= 11 is 0. The van der Waals surface area contributed by atoms with Crippen molar-refractivity contribution in [1.82, 2.24) is 9.88 Å². The van der Waals surface area contributed by atoms with Crippen LogP contribution in [0.1, 0.15) is 30.5 Å². The number of H-pyrrole nitrogens is 1. The largest absolute Gasteiger partial charge is 0.468 e. The molecule has 1 aromatic carbocycles. The van der Waals surface area contributed by atoms with Crippen LogP contribution in [0.3, 0.4) is 0 Å². The summed E-state index contributed by atoms with van der Waals surface area (Å²) in [7, 11) is 3.31. The number of nitrogens with one attached hydrogen (secondary N) is 1. The minimum absolute atomic E-state index is 0. The van der Waals surface area contributed by atoms with Crippen molar-refractivity contribution in [2.75, 3.05) is 33.9 Å². The topological polar surface area (TPSA) is 54.6 Å². The van der Waals surface area contributed by atoms with Gasteiger partial charge in [-0.3, -0.25) is 9.69 Å². The van der Waals surface area contributed by atoms with Crippen LogP contribution in [0.25, 0.3) is 10.9 Å². The van der Waals surface area contributed by atoms with Gasteiger partial charge < -0.3 is 14.5 Å². The Labute approximate surface area is 172 Å². The molecule has 1 aromatic heterocycles. The number of carbonyl (C=O) groups is 1. The number of fused-ring (bicyclic) bond motifs is 4. The Hall–Kier alpha value is -1.56. The number of hydrogen-bond donors (Lipinski definition) is 1. The lowest BCUT2D eigenvalue weighted by molar-refractivity contribution is -0.162. The zero-order valence-corrected chi connectivity index (χ0v) is 17.4. The highest BCUT2D eigenvalue weighted by atomic mass is 35.5. The minimum atomic E-state index is -0.584. The lowest BCUT2D eigenvalue weighted by Gasteiger charge is -2.58. The number of para-hydroxylation sites is 1. The van der Waals surface area contributed by atoms with Crippen molar-refractivity contribution in [3.63, 3.8) is 0 Å². The third-order valence-corrected chi connectivity index (χ3v) is 7.24. The molecule has 2 aromatic rings. The zero-order chi connectivity index (χ0) is 18.6. The second kappa shape index (κ2) is 7.36. The Morgan fingerprint density at radius 2 is 2.14 bits per heavy atom. The first-order chi connectivity index (χ1) is 13.2. The van der Waals surface area contributed by atoms with E-state index in [0.717, 1.165) is 50.2 Å². The number of methoxy groups -OCH3 is 2. The van der Waals surface area contributed by atoms with E-state index in [1.165, 1.54) is 17.4 Å². The first kappa shape index (κ1) is 19.7. The molecule has 0 radical (unpaired) electrons. The first-order valence-corrected chi connectivity index (χ1v) is 10.1. The molecule has 0 spiro atoms. The summed E-state index contributed by atoms with van der Waals surface area (Å²) in [5, 5.41) is 1.26. The first-order valence-electron chi connectivity index (χ1n) is 10.1. The summed E-state index contributed by atoms with van der Waals surface area (Å²) in [6, 6.07) is 8.65. The van der Waals surface area contributed by atoms with Gasteiger partial charge in [-0.15, -0.1) is 12.4 Å². The van der Waals surface area contributed by atoms with Gasteiger partial charge in [0.15, 0.2) is 0 Å². The van der Waals surface area contributed by atoms with E-state index in [9.17, 15) is 4.79 Å². The Kier molecular flexibility index (Phi) is 5.19. The van der Waals surface area contributed by atoms with Crippen molar-refractivity contribution >= 4 is 29.3 Å². The molecule has 1 saturated carbocycles. The third kappa shape index (κ3) is 2.63. The van der Waals surface area contributed by atoms with Crippen LogP contribution in [0.2, 0.25) is 0 Å². The van der Waals surface area contributed by atoms with Gasteiger partial charge >= 0.3 is 5.97 Å². The molecule has 3 fully saturated rings. The highest BCUT2D eigenvalue weighted by Crippen LogP contribution is 2.55. The number of benzene rings is 1. The molecule has 4 heterocycles. The molecule has 5 nitrogen and oxygen atoms in total. The fourth-order valence-corrected chi connectivity index (χ4v) is 6.42. The standard InChI is InChI=1S/C22H28N2O3.ClH/c1-26-10-8-15-11-14-12-22(21(25)27-2)19-17(7-9-24(13-14)20(15)22)16-5-3-4-6-18(16)23-19;/h3-6,14-15,20,23H,7-13H2,1-2H3;1H/t14-,15-,20+,22+;/m0./s1. The molecule has 4 aliphatic rings. The molecule has 0 amide bonds. The summed E-state index contributed by atoms with van der Waals surface area (Å²) in [6.07, 6.45) is 4.07. The molecule has 6 rings (SSSR count). The van der Waals surface area contributed by atoms with Gasteiger partial charge in [0.25, 0.3) is 0 Å². The number of hydrogen-bond acceptors (Lipinski definition) is 4. The third-order valence-electron chi connectivity index (χ3n) is 7.24. The van der Waals surface area contributed by atoms with E-state index in [0.29, 0.717) is 11.8 Å². The number of piperidine rings is 2. The van der Waals surface area contributed by atoms with Crippen LogP contribution in [0, 0.1) is 11.8 Å². The Bertz CT molecular complexity index is 882. The number of aromatic nitrogens is 1. The van der Waals surface area contributed by atoms with E-state index in [2.05, 4.69) is 34.1 Å². The number of aromatic amines is 1. The Morgan fingerprint density at radius 1 is 1.32 bits per heavy atom. The SMILES string of the molecule is COCC[C@H]1C[C@@H]2CN3CCc4c([nH]c5ccccc45)[C@](C(=O)OC)(C2)[C@@H]13.Cl. The average molecular weight is 405 g/mol. The molecule has 152 valence electrons. The van der Waals surface area contributed by atoms with Crippen molar-refractivity contribution in [3.05, 3.63) is 35.5 Å². The zero-order valence-electron chi connectivity index (χ0n) is 16.6. The van der Waals surface area contributed by atoms with Gasteiger partial charge in [0.2, 0.25) is 0 Å². The molecule has 5 atom stereocenters. The highest BCUT2D eigenvalue weighted by Gasteiger charge is 2.62. The molecule has 28 heavy (non-hydrogen) atoms. The monoisotopic (exact) mass is 404 g/mol. The molecular weight excluding hydrogens is 376 g/mol. The van der Waals surface area contributed by atoms with Crippen LogP contribution < -0.4 is 0 Å². The van der Waals surface area contributed by atoms with Crippen molar-refractivity contribution in [1.29, 1.82) is 0 Å². The van der Waals surface area contributed by atoms with E-state index >= 15 is 0 Å². The summed E-state index contributed by atoms with van der Waals surface area (Å²) in [5.74, 6) is 0.932. The summed E-state index contributed by atoms with van der Waals surface area (Å²) < 4.78 is 10.9. The lowest BCUT2D eigenvalue weighted by atomic mass is 9.56. The van der Waals surface area contributed by atoms with Crippen LogP contribution >= 0.6 is 12.4 Å². The maximum atomic E-state index is 13.4. The molecule has 4 bridgehead atoms. The fourth-order valence-electron chi connectivity index (χ4n) is 6.42. The molecule has 1 N–H and O–H groups in total. The summed E-state index contributed by atoms with van der Waals surface area (Å²) in [5.41, 5.74) is 2.99. The van der Waals surface area contributed by atoms with Crippen LogP contribution in [-0.2, 0) is 26.1 Å². The summed E-state index contributed by atoms with van der Waals surface area (Å²) in [6.45, 7) is 2.87. The van der Waals surface area contributed by atoms with E-state index in [1.807, 2.05) is 0 Å². The minimum Gasteiger partial charge on any atom is -0.468 e. The van der Waals surface area contributed by atoms with Crippen LogP contribution in [0.15, 0.2) is 24.3 Å². The van der Waals surface area contributed by atoms with Gasteiger partial charge in [-0.25, -0.2) is 0 Å². The maximum absolute atomic E-state index is 13.4. The predicted molar refractivity (Wildman–Crippen MR) is 111 cm³/mol. The Balaban J connectivity index is 0.00000192. The van der Waals surface area contributed by atoms with Crippen molar-refractivity contribution in [2.45, 2.75) is 37.1 Å². The quantitative estimate of drug-likeness (QED) is 0.794. The maximum Gasteiger partial charge on any atom is 0.319 e. The second-order valence-corrected chi connectivity index (χ2v) is 8.52. The molecule has 2 saturated heterocycles. The Morgan fingerprint density at radius 3 is 2.93 bits per heavy atom. The average Bonchev–Trinajstić information content (AvgIpc) is 3.04. The molecule has 3 aliphatic heterocycles.